The van der Waals surface area contributed by atoms with E-state index in [-0.39, 0.29) is 5.60 Å². The monoisotopic (exact) mass is 186 g/mol. The molecule has 0 aromatic rings. The molecule has 0 aromatic heterocycles. The highest BCUT2D eigenvalue weighted by molar-refractivity contribution is 4.72. The Bertz CT molecular complexity index is 112. The van der Waals surface area contributed by atoms with Gasteiger partial charge in [0, 0.05) is 6.61 Å². The van der Waals surface area contributed by atoms with Crippen molar-refractivity contribution >= 4 is 0 Å². The van der Waals surface area contributed by atoms with E-state index in [0.29, 0.717) is 0 Å². The second-order valence-corrected chi connectivity index (χ2v) is 4.11. The van der Waals surface area contributed by atoms with E-state index in [9.17, 15) is 0 Å². The summed E-state index contributed by atoms with van der Waals surface area (Å²) in [5.74, 6) is 0. The SMILES string of the molecule is CCCCOC(C)(CC)CCCC. The van der Waals surface area contributed by atoms with Gasteiger partial charge < -0.3 is 4.74 Å². The number of rotatable bonds is 8. The Morgan fingerprint density at radius 2 is 1.62 bits per heavy atom. The molecule has 0 bridgehead atoms. The standard InChI is InChI=1S/C12H26O/c1-5-8-10-12(4,7-3)13-11-9-6-2/h5-11H2,1-4H3. The number of unbranched alkanes of at least 4 members (excludes halogenated alkanes) is 2. The highest BCUT2D eigenvalue weighted by Crippen LogP contribution is 2.22. The van der Waals surface area contributed by atoms with Crippen molar-refractivity contribution in [3.8, 4) is 0 Å². The molecule has 0 saturated carbocycles. The van der Waals surface area contributed by atoms with E-state index in [1.165, 1.54) is 32.1 Å². The molecule has 13 heavy (non-hydrogen) atoms. The fourth-order valence-electron chi connectivity index (χ4n) is 1.36. The Morgan fingerprint density at radius 3 is 2.08 bits per heavy atom. The van der Waals surface area contributed by atoms with Crippen molar-refractivity contribution in [2.75, 3.05) is 6.61 Å². The Morgan fingerprint density at radius 1 is 1.00 bits per heavy atom. The fourth-order valence-corrected chi connectivity index (χ4v) is 1.36. The molecule has 0 aromatic carbocycles. The first-order valence-electron chi connectivity index (χ1n) is 5.82. The molecule has 0 aliphatic carbocycles. The van der Waals surface area contributed by atoms with Gasteiger partial charge >= 0.3 is 0 Å². The molecule has 0 aliphatic heterocycles. The van der Waals surface area contributed by atoms with Crippen LogP contribution >= 0.6 is 0 Å². The van der Waals surface area contributed by atoms with Crippen LogP contribution in [0.25, 0.3) is 0 Å². The van der Waals surface area contributed by atoms with Crippen LogP contribution in [0.1, 0.15) is 66.2 Å². The molecule has 0 fully saturated rings. The third-order valence-corrected chi connectivity index (χ3v) is 2.76. The molecule has 0 rings (SSSR count). The zero-order valence-corrected chi connectivity index (χ0v) is 9.86. The molecular weight excluding hydrogens is 160 g/mol. The predicted molar refractivity (Wildman–Crippen MR) is 59.1 cm³/mol. The van der Waals surface area contributed by atoms with Crippen LogP contribution in [0.5, 0.6) is 0 Å². The number of ether oxygens (including phenoxy) is 1. The van der Waals surface area contributed by atoms with Gasteiger partial charge in [0.05, 0.1) is 5.60 Å². The Kier molecular flexibility index (Phi) is 7.35. The Balaban J connectivity index is 3.67. The van der Waals surface area contributed by atoms with Crippen LogP contribution in [0.15, 0.2) is 0 Å². The van der Waals surface area contributed by atoms with Crippen LogP contribution in [-0.2, 0) is 4.74 Å². The van der Waals surface area contributed by atoms with Crippen molar-refractivity contribution in [1.29, 1.82) is 0 Å². The highest BCUT2D eigenvalue weighted by atomic mass is 16.5. The van der Waals surface area contributed by atoms with E-state index in [4.69, 9.17) is 4.74 Å². The Hall–Kier alpha value is -0.0400. The number of hydrogen-bond acceptors (Lipinski definition) is 1. The highest BCUT2D eigenvalue weighted by Gasteiger charge is 2.21. The minimum absolute atomic E-state index is 0.144. The van der Waals surface area contributed by atoms with Crippen LogP contribution < -0.4 is 0 Å². The molecule has 0 aliphatic rings. The van der Waals surface area contributed by atoms with E-state index < -0.39 is 0 Å². The number of hydrogen-bond donors (Lipinski definition) is 0. The van der Waals surface area contributed by atoms with E-state index in [2.05, 4.69) is 27.7 Å². The predicted octanol–water partition coefficient (Wildman–Crippen LogP) is 4.16. The summed E-state index contributed by atoms with van der Waals surface area (Å²) >= 11 is 0. The van der Waals surface area contributed by atoms with Crippen LogP contribution in [-0.4, -0.2) is 12.2 Å². The maximum atomic E-state index is 5.92. The van der Waals surface area contributed by atoms with Gasteiger partial charge in [-0.15, -0.1) is 0 Å². The summed E-state index contributed by atoms with van der Waals surface area (Å²) < 4.78 is 5.92. The lowest BCUT2D eigenvalue weighted by atomic mass is 9.96. The summed E-state index contributed by atoms with van der Waals surface area (Å²) in [4.78, 5) is 0. The third kappa shape index (κ3) is 6.09. The van der Waals surface area contributed by atoms with Gasteiger partial charge in [-0.2, -0.15) is 0 Å². The van der Waals surface area contributed by atoms with Crippen molar-refractivity contribution in [1.82, 2.24) is 0 Å². The van der Waals surface area contributed by atoms with Crippen molar-refractivity contribution in [3.63, 3.8) is 0 Å². The van der Waals surface area contributed by atoms with Gasteiger partial charge in [-0.05, 0) is 26.2 Å². The van der Waals surface area contributed by atoms with E-state index in [1.807, 2.05) is 0 Å². The molecule has 80 valence electrons. The summed E-state index contributed by atoms with van der Waals surface area (Å²) in [6.07, 6.45) is 7.33. The van der Waals surface area contributed by atoms with Crippen molar-refractivity contribution in [2.45, 2.75) is 71.8 Å². The van der Waals surface area contributed by atoms with E-state index >= 15 is 0 Å². The Labute approximate surface area is 83.9 Å². The van der Waals surface area contributed by atoms with Gasteiger partial charge in [0.15, 0.2) is 0 Å². The van der Waals surface area contributed by atoms with Crippen LogP contribution in [0.3, 0.4) is 0 Å². The molecule has 1 heteroatoms. The molecule has 1 unspecified atom stereocenters. The molecule has 0 saturated heterocycles. The zero-order valence-electron chi connectivity index (χ0n) is 9.86. The summed E-state index contributed by atoms with van der Waals surface area (Å²) in [6.45, 7) is 9.85. The van der Waals surface area contributed by atoms with Gasteiger partial charge in [0.2, 0.25) is 0 Å². The van der Waals surface area contributed by atoms with Gasteiger partial charge in [-0.1, -0.05) is 40.0 Å². The average molecular weight is 186 g/mol. The van der Waals surface area contributed by atoms with E-state index in [1.54, 1.807) is 0 Å². The normalized spacial score (nSPS) is 15.7. The minimum atomic E-state index is 0.144. The summed E-state index contributed by atoms with van der Waals surface area (Å²) in [5.41, 5.74) is 0.144. The van der Waals surface area contributed by atoms with Gasteiger partial charge in [0.1, 0.15) is 0 Å². The van der Waals surface area contributed by atoms with Crippen LogP contribution in [0, 0.1) is 0 Å². The molecule has 0 heterocycles. The first-order valence-corrected chi connectivity index (χ1v) is 5.82. The summed E-state index contributed by atoms with van der Waals surface area (Å²) in [6, 6.07) is 0. The largest absolute Gasteiger partial charge is 0.375 e. The molecular formula is C12H26O. The first-order chi connectivity index (χ1) is 6.18. The lowest BCUT2D eigenvalue weighted by molar-refractivity contribution is -0.0427. The first kappa shape index (κ1) is 13.0. The van der Waals surface area contributed by atoms with Crippen LogP contribution in [0.4, 0.5) is 0 Å². The van der Waals surface area contributed by atoms with Gasteiger partial charge in [0.25, 0.3) is 0 Å². The summed E-state index contributed by atoms with van der Waals surface area (Å²) in [5, 5.41) is 0. The molecule has 0 spiro atoms. The molecule has 1 nitrogen and oxygen atoms in total. The second kappa shape index (κ2) is 7.37. The van der Waals surface area contributed by atoms with Crippen molar-refractivity contribution in [3.05, 3.63) is 0 Å². The lowest BCUT2D eigenvalue weighted by Crippen LogP contribution is -2.28. The smallest absolute Gasteiger partial charge is 0.0651 e. The molecule has 0 radical (unpaired) electrons. The second-order valence-electron chi connectivity index (χ2n) is 4.11. The van der Waals surface area contributed by atoms with Gasteiger partial charge in [-0.3, -0.25) is 0 Å². The van der Waals surface area contributed by atoms with Crippen molar-refractivity contribution in [2.24, 2.45) is 0 Å². The molecule has 0 amide bonds. The van der Waals surface area contributed by atoms with Crippen LogP contribution in [0.2, 0.25) is 0 Å². The fraction of sp³-hybridized carbons (Fsp3) is 1.00. The van der Waals surface area contributed by atoms with Crippen molar-refractivity contribution < 1.29 is 4.74 Å². The molecule has 1 atom stereocenters. The maximum absolute atomic E-state index is 5.92. The topological polar surface area (TPSA) is 9.23 Å². The quantitative estimate of drug-likeness (QED) is 0.517. The lowest BCUT2D eigenvalue weighted by Gasteiger charge is -2.28. The maximum Gasteiger partial charge on any atom is 0.0651 e. The summed E-state index contributed by atoms with van der Waals surface area (Å²) in [7, 11) is 0. The third-order valence-electron chi connectivity index (χ3n) is 2.76. The zero-order chi connectivity index (χ0) is 10.2. The van der Waals surface area contributed by atoms with E-state index in [0.717, 1.165) is 13.0 Å². The molecule has 0 N–H and O–H groups in total. The minimum Gasteiger partial charge on any atom is -0.375 e. The average Bonchev–Trinajstić information content (AvgIpc) is 2.15. The van der Waals surface area contributed by atoms with Gasteiger partial charge in [-0.25, -0.2) is 0 Å².